The molecule has 0 fully saturated rings. The molecule has 4 aromatic rings. The van der Waals surface area contributed by atoms with Crippen molar-refractivity contribution in [1.82, 2.24) is 19.5 Å². The van der Waals surface area contributed by atoms with Crippen LogP contribution in [0.5, 0.6) is 11.5 Å². The van der Waals surface area contributed by atoms with Gasteiger partial charge in [0, 0.05) is 18.9 Å². The summed E-state index contributed by atoms with van der Waals surface area (Å²) in [6.07, 6.45) is 3.56. The second kappa shape index (κ2) is 7.65. The third kappa shape index (κ3) is 3.48. The normalized spacial score (nSPS) is 11.0. The second-order valence-electron chi connectivity index (χ2n) is 6.03. The summed E-state index contributed by atoms with van der Waals surface area (Å²) in [5.74, 6) is 3.45. The van der Waals surface area contributed by atoms with Crippen molar-refractivity contribution in [2.45, 2.75) is 13.5 Å². The number of aryl methyl sites for hydroxylation is 1. The highest BCUT2D eigenvalue weighted by atomic mass is 35.5. The molecule has 0 saturated heterocycles. The summed E-state index contributed by atoms with van der Waals surface area (Å²) >= 11 is 7.65. The average Bonchev–Trinajstić information content (AvgIpc) is 3.30. The number of imidazole rings is 1. The van der Waals surface area contributed by atoms with Crippen LogP contribution in [-0.4, -0.2) is 33.7 Å². The number of nitrogens with zero attached hydrogens (tertiary/aromatic N) is 4. The smallest absolute Gasteiger partial charge is 0.238 e. The average molecular weight is 416 g/mol. The van der Waals surface area contributed by atoms with Gasteiger partial charge in [0.2, 0.25) is 5.95 Å². The predicted octanol–water partition coefficient (Wildman–Crippen LogP) is 4.47. The van der Waals surface area contributed by atoms with Gasteiger partial charge >= 0.3 is 0 Å². The van der Waals surface area contributed by atoms with Gasteiger partial charge in [0.15, 0.2) is 11.5 Å². The van der Waals surface area contributed by atoms with Crippen molar-refractivity contribution in [2.75, 3.05) is 19.5 Å². The molecule has 0 amide bonds. The van der Waals surface area contributed by atoms with Crippen molar-refractivity contribution in [3.05, 3.63) is 52.4 Å². The van der Waals surface area contributed by atoms with E-state index in [0.29, 0.717) is 34.1 Å². The lowest BCUT2D eigenvalue weighted by Crippen LogP contribution is -2.07. The second-order valence-corrected chi connectivity index (χ2v) is 7.69. The van der Waals surface area contributed by atoms with E-state index in [4.69, 9.17) is 26.1 Å². The summed E-state index contributed by atoms with van der Waals surface area (Å²) in [4.78, 5) is 14.4. The number of benzene rings is 1. The first-order valence-electron chi connectivity index (χ1n) is 8.51. The molecule has 4 rings (SSSR count). The molecule has 7 nitrogen and oxygen atoms in total. The molecule has 0 aliphatic carbocycles. The maximum Gasteiger partial charge on any atom is 0.238 e. The first-order chi connectivity index (χ1) is 13.6. The molecule has 0 bridgehead atoms. The Labute approximate surface area is 170 Å². The van der Waals surface area contributed by atoms with Gasteiger partial charge in [0.05, 0.1) is 23.9 Å². The lowest BCUT2D eigenvalue weighted by Gasteiger charge is -2.12. The number of halogens is 1. The zero-order valence-electron chi connectivity index (χ0n) is 15.6. The maximum absolute atomic E-state index is 6.23. The Bertz CT molecular complexity index is 1140. The van der Waals surface area contributed by atoms with Gasteiger partial charge in [-0.3, -0.25) is 4.57 Å². The fourth-order valence-electron chi connectivity index (χ4n) is 2.89. The van der Waals surface area contributed by atoms with E-state index in [1.54, 1.807) is 20.4 Å². The van der Waals surface area contributed by atoms with Gasteiger partial charge in [-0.25, -0.2) is 9.97 Å². The third-order valence-electron chi connectivity index (χ3n) is 4.30. The number of anilines is 1. The Kier molecular flexibility index (Phi) is 5.06. The summed E-state index contributed by atoms with van der Waals surface area (Å²) in [6.45, 7) is 2.47. The Morgan fingerprint density at radius 2 is 1.96 bits per heavy atom. The first-order valence-corrected chi connectivity index (χ1v) is 9.70. The van der Waals surface area contributed by atoms with Crippen molar-refractivity contribution in [3.8, 4) is 17.4 Å². The van der Waals surface area contributed by atoms with Crippen LogP contribution in [0.15, 0.2) is 36.7 Å². The van der Waals surface area contributed by atoms with E-state index in [2.05, 4.69) is 15.3 Å². The predicted molar refractivity (Wildman–Crippen MR) is 111 cm³/mol. The molecule has 0 aliphatic heterocycles. The maximum atomic E-state index is 6.23. The van der Waals surface area contributed by atoms with E-state index in [1.807, 2.05) is 42.0 Å². The summed E-state index contributed by atoms with van der Waals surface area (Å²) in [5, 5.41) is 4.28. The van der Waals surface area contributed by atoms with E-state index in [-0.39, 0.29) is 0 Å². The van der Waals surface area contributed by atoms with Gasteiger partial charge in [-0.15, -0.1) is 11.3 Å². The van der Waals surface area contributed by atoms with E-state index in [1.165, 1.54) is 11.3 Å². The Morgan fingerprint density at radius 1 is 1.14 bits per heavy atom. The number of hydrogen-bond donors (Lipinski definition) is 1. The Balaban J connectivity index is 1.69. The van der Waals surface area contributed by atoms with Gasteiger partial charge < -0.3 is 14.8 Å². The molecule has 0 unspecified atom stereocenters. The van der Waals surface area contributed by atoms with Crippen molar-refractivity contribution in [1.29, 1.82) is 0 Å². The fourth-order valence-corrected chi connectivity index (χ4v) is 3.97. The molecule has 0 atom stereocenters. The summed E-state index contributed by atoms with van der Waals surface area (Å²) in [6, 6.07) is 7.68. The van der Waals surface area contributed by atoms with Crippen LogP contribution in [0.25, 0.3) is 16.2 Å². The Hall–Kier alpha value is -2.84. The molecular weight excluding hydrogens is 398 g/mol. The molecule has 3 aromatic heterocycles. The molecule has 0 aliphatic rings. The van der Waals surface area contributed by atoms with Crippen molar-refractivity contribution >= 4 is 39.0 Å². The number of hydrogen-bond acceptors (Lipinski definition) is 7. The van der Waals surface area contributed by atoms with E-state index in [0.717, 1.165) is 21.6 Å². The summed E-state index contributed by atoms with van der Waals surface area (Å²) < 4.78 is 13.2. The van der Waals surface area contributed by atoms with Crippen LogP contribution in [0.4, 0.5) is 5.82 Å². The molecule has 144 valence electrons. The van der Waals surface area contributed by atoms with E-state index >= 15 is 0 Å². The lowest BCUT2D eigenvalue weighted by atomic mass is 10.2. The van der Waals surface area contributed by atoms with Gasteiger partial charge in [0.25, 0.3) is 0 Å². The summed E-state index contributed by atoms with van der Waals surface area (Å²) in [5.41, 5.74) is 1.03. The van der Waals surface area contributed by atoms with Crippen LogP contribution < -0.4 is 14.8 Å². The minimum absolute atomic E-state index is 0.552. The van der Waals surface area contributed by atoms with Crippen LogP contribution in [-0.2, 0) is 6.54 Å². The topological polar surface area (TPSA) is 74.1 Å². The molecule has 0 radical (unpaired) electrons. The van der Waals surface area contributed by atoms with Gasteiger partial charge in [-0.05, 0) is 30.7 Å². The molecule has 28 heavy (non-hydrogen) atoms. The zero-order chi connectivity index (χ0) is 19.7. The third-order valence-corrected chi connectivity index (χ3v) is 5.46. The van der Waals surface area contributed by atoms with Crippen molar-refractivity contribution < 1.29 is 9.47 Å². The number of methoxy groups -OCH3 is 2. The monoisotopic (exact) mass is 415 g/mol. The Morgan fingerprint density at radius 3 is 2.68 bits per heavy atom. The van der Waals surface area contributed by atoms with Crippen molar-refractivity contribution in [2.24, 2.45) is 0 Å². The minimum Gasteiger partial charge on any atom is -0.493 e. The SMILES string of the molecule is COc1ccc(CNc2nc(-n3ccnc3C)nc3sc(Cl)cc23)cc1OC. The largest absolute Gasteiger partial charge is 0.493 e. The number of rotatable bonds is 6. The van der Waals surface area contributed by atoms with Gasteiger partial charge in [0.1, 0.15) is 16.5 Å². The highest BCUT2D eigenvalue weighted by Gasteiger charge is 2.14. The number of nitrogens with one attached hydrogen (secondary N) is 1. The molecule has 3 heterocycles. The van der Waals surface area contributed by atoms with Gasteiger partial charge in [-0.1, -0.05) is 17.7 Å². The number of ether oxygens (including phenoxy) is 2. The van der Waals surface area contributed by atoms with E-state index < -0.39 is 0 Å². The first kappa shape index (κ1) is 18.5. The highest BCUT2D eigenvalue weighted by Crippen LogP contribution is 2.33. The van der Waals surface area contributed by atoms with Crippen LogP contribution >= 0.6 is 22.9 Å². The fraction of sp³-hybridized carbons (Fsp3) is 0.211. The molecule has 1 aromatic carbocycles. The molecule has 0 saturated carbocycles. The zero-order valence-corrected chi connectivity index (χ0v) is 17.1. The van der Waals surface area contributed by atoms with E-state index in [9.17, 15) is 0 Å². The lowest BCUT2D eigenvalue weighted by molar-refractivity contribution is 0.354. The quantitative estimate of drug-likeness (QED) is 0.501. The number of fused-ring (bicyclic) bond motifs is 1. The highest BCUT2D eigenvalue weighted by molar-refractivity contribution is 7.22. The standard InChI is InChI=1S/C19H18ClN5O2S/c1-11-21-6-7-25(11)19-23-17(13-9-16(20)28-18(13)24-19)22-10-12-4-5-14(26-2)15(8-12)27-3/h4-9H,10H2,1-3H3,(H,22,23,24). The molecule has 9 heteroatoms. The summed E-state index contributed by atoms with van der Waals surface area (Å²) in [7, 11) is 3.24. The van der Waals surface area contributed by atoms with Crippen LogP contribution in [0.3, 0.4) is 0 Å². The van der Waals surface area contributed by atoms with Crippen LogP contribution in [0.1, 0.15) is 11.4 Å². The van der Waals surface area contributed by atoms with Gasteiger partial charge in [-0.2, -0.15) is 4.98 Å². The molecular formula is C19H18ClN5O2S. The molecule has 0 spiro atoms. The number of aromatic nitrogens is 4. The van der Waals surface area contributed by atoms with Crippen LogP contribution in [0.2, 0.25) is 4.34 Å². The minimum atomic E-state index is 0.552. The molecule has 1 N–H and O–H groups in total. The number of thiophene rings is 1. The van der Waals surface area contributed by atoms with Crippen LogP contribution in [0, 0.1) is 6.92 Å². The van der Waals surface area contributed by atoms with Crippen molar-refractivity contribution in [3.63, 3.8) is 0 Å².